The van der Waals surface area contributed by atoms with Crippen molar-refractivity contribution in [3.8, 4) is 0 Å². The molecule has 1 saturated carbocycles. The summed E-state index contributed by atoms with van der Waals surface area (Å²) in [6.07, 6.45) is 7.27. The van der Waals surface area contributed by atoms with Crippen LogP contribution in [0.25, 0.3) is 6.08 Å². The van der Waals surface area contributed by atoms with Crippen molar-refractivity contribution in [2.45, 2.75) is 59.2 Å². The summed E-state index contributed by atoms with van der Waals surface area (Å²) >= 11 is 6.48. The fraction of sp³-hybridized carbons (Fsp3) is 0.476. The minimum absolute atomic E-state index is 0.0114. The molecule has 2 aromatic heterocycles. The third-order valence-electron chi connectivity index (χ3n) is 4.77. The van der Waals surface area contributed by atoms with Crippen LogP contribution in [0.1, 0.15) is 56.6 Å². The molecule has 0 spiro atoms. The van der Waals surface area contributed by atoms with Gasteiger partial charge in [0.2, 0.25) is 5.91 Å². The number of hydrogen-bond donors (Lipinski definition) is 0. The summed E-state index contributed by atoms with van der Waals surface area (Å²) in [5.74, 6) is 0.438. The minimum Gasteiger partial charge on any atom is -0.328 e. The van der Waals surface area contributed by atoms with Crippen LogP contribution in [0.2, 0.25) is 5.15 Å². The lowest BCUT2D eigenvalue weighted by molar-refractivity contribution is -0.128. The molecule has 1 atom stereocenters. The van der Waals surface area contributed by atoms with Gasteiger partial charge in [0.1, 0.15) is 5.15 Å². The third-order valence-corrected chi connectivity index (χ3v) is 5.17. The number of aryl methyl sites for hydroxylation is 1. The number of hydrogen-bond acceptors (Lipinski definition) is 3. The summed E-state index contributed by atoms with van der Waals surface area (Å²) in [6, 6.07) is 6.04. The second-order valence-corrected chi connectivity index (χ2v) is 7.96. The van der Waals surface area contributed by atoms with E-state index in [0.717, 1.165) is 36.3 Å². The predicted molar refractivity (Wildman–Crippen MR) is 108 cm³/mol. The van der Waals surface area contributed by atoms with Crippen molar-refractivity contribution in [3.63, 3.8) is 0 Å². The van der Waals surface area contributed by atoms with Gasteiger partial charge < -0.3 is 4.90 Å². The Morgan fingerprint density at radius 2 is 2.11 bits per heavy atom. The Labute approximate surface area is 166 Å². The van der Waals surface area contributed by atoms with Crippen molar-refractivity contribution in [1.82, 2.24) is 19.7 Å². The molecule has 1 unspecified atom stereocenters. The van der Waals surface area contributed by atoms with Crippen molar-refractivity contribution >= 4 is 23.6 Å². The number of halogens is 1. The topological polar surface area (TPSA) is 51.0 Å². The normalized spacial score (nSPS) is 15.5. The van der Waals surface area contributed by atoms with Crippen LogP contribution in [-0.2, 0) is 11.3 Å². The smallest absolute Gasteiger partial charge is 0.247 e. The molecule has 1 amide bonds. The largest absolute Gasteiger partial charge is 0.328 e. The number of nitrogens with zero attached hydrogens (tertiary/aromatic N) is 4. The molecule has 0 aromatic carbocycles. The molecule has 144 valence electrons. The summed E-state index contributed by atoms with van der Waals surface area (Å²) in [5.41, 5.74) is 2.55. The number of carbonyl (C=O) groups excluding carboxylic acids is 1. The summed E-state index contributed by atoms with van der Waals surface area (Å²) in [5, 5.41) is 5.09. The highest BCUT2D eigenvalue weighted by Gasteiger charge is 2.35. The van der Waals surface area contributed by atoms with Crippen molar-refractivity contribution in [3.05, 3.63) is 52.6 Å². The number of aromatic nitrogens is 3. The highest BCUT2D eigenvalue weighted by molar-refractivity contribution is 6.31. The molecule has 2 aromatic rings. The van der Waals surface area contributed by atoms with E-state index in [0.29, 0.717) is 17.1 Å². The van der Waals surface area contributed by atoms with Crippen molar-refractivity contribution in [2.24, 2.45) is 5.92 Å². The van der Waals surface area contributed by atoms with Gasteiger partial charge in [-0.05, 0) is 50.8 Å². The van der Waals surface area contributed by atoms with Gasteiger partial charge >= 0.3 is 0 Å². The number of rotatable bonds is 7. The average Bonchev–Trinajstić information content (AvgIpc) is 3.42. The summed E-state index contributed by atoms with van der Waals surface area (Å²) in [6.45, 7) is 8.96. The van der Waals surface area contributed by atoms with Gasteiger partial charge in [-0.25, -0.2) is 0 Å². The molecular weight excluding hydrogens is 360 g/mol. The van der Waals surface area contributed by atoms with E-state index in [1.165, 1.54) is 0 Å². The van der Waals surface area contributed by atoms with Crippen LogP contribution in [0.4, 0.5) is 0 Å². The molecule has 1 aliphatic carbocycles. The first-order valence-electron chi connectivity index (χ1n) is 9.52. The predicted octanol–water partition coefficient (Wildman–Crippen LogP) is 4.66. The third kappa shape index (κ3) is 4.59. The SMILES string of the molecule is Cc1nn(CC(C)C)c(Cl)c1/C=C/C(=O)N(C1CC1)C(C)c1ccccn1. The Hall–Kier alpha value is -2.14. The van der Waals surface area contributed by atoms with E-state index >= 15 is 0 Å². The maximum Gasteiger partial charge on any atom is 0.247 e. The molecule has 5 nitrogen and oxygen atoms in total. The molecule has 0 N–H and O–H groups in total. The Morgan fingerprint density at radius 1 is 1.37 bits per heavy atom. The van der Waals surface area contributed by atoms with Gasteiger partial charge in [0, 0.05) is 30.4 Å². The van der Waals surface area contributed by atoms with Crippen molar-refractivity contribution in [1.29, 1.82) is 0 Å². The molecule has 1 aliphatic rings. The number of pyridine rings is 1. The first-order valence-corrected chi connectivity index (χ1v) is 9.90. The lowest BCUT2D eigenvalue weighted by Gasteiger charge is -2.28. The summed E-state index contributed by atoms with van der Waals surface area (Å²) in [4.78, 5) is 19.3. The first kappa shape index (κ1) is 19.6. The van der Waals surface area contributed by atoms with Crippen molar-refractivity contribution < 1.29 is 4.79 Å². The zero-order chi connectivity index (χ0) is 19.6. The summed E-state index contributed by atoms with van der Waals surface area (Å²) < 4.78 is 1.81. The van der Waals surface area contributed by atoms with E-state index in [1.807, 2.05) is 36.9 Å². The fourth-order valence-corrected chi connectivity index (χ4v) is 3.58. The van der Waals surface area contributed by atoms with Crippen LogP contribution in [0.3, 0.4) is 0 Å². The minimum atomic E-state index is -0.0592. The Bertz CT molecular complexity index is 824. The van der Waals surface area contributed by atoms with Crippen LogP contribution in [0.5, 0.6) is 0 Å². The zero-order valence-electron chi connectivity index (χ0n) is 16.4. The van der Waals surface area contributed by atoms with E-state index in [2.05, 4.69) is 23.9 Å². The maximum absolute atomic E-state index is 13.0. The second kappa shape index (κ2) is 8.26. The van der Waals surface area contributed by atoms with Crippen LogP contribution in [0, 0.1) is 12.8 Å². The molecule has 27 heavy (non-hydrogen) atoms. The van der Waals surface area contributed by atoms with Gasteiger partial charge in [-0.2, -0.15) is 5.10 Å². The molecule has 0 saturated heterocycles. The lowest BCUT2D eigenvalue weighted by Crippen LogP contribution is -2.34. The van der Waals surface area contributed by atoms with Gasteiger partial charge in [0.05, 0.1) is 17.4 Å². The standard InChI is InChI=1S/C21H27ClN4O/c1-14(2)13-25-21(22)18(15(3)24-25)10-11-20(27)26(17-8-9-17)16(4)19-7-5-6-12-23-19/h5-7,10-12,14,16-17H,8-9,13H2,1-4H3/b11-10+. The highest BCUT2D eigenvalue weighted by atomic mass is 35.5. The molecule has 3 rings (SSSR count). The second-order valence-electron chi connectivity index (χ2n) is 7.61. The van der Waals surface area contributed by atoms with Gasteiger partial charge in [0.25, 0.3) is 0 Å². The van der Waals surface area contributed by atoms with Crippen LogP contribution >= 0.6 is 11.6 Å². The van der Waals surface area contributed by atoms with Crippen LogP contribution < -0.4 is 0 Å². The van der Waals surface area contributed by atoms with Gasteiger partial charge in [0.15, 0.2) is 0 Å². The van der Waals surface area contributed by atoms with Crippen LogP contribution in [-0.4, -0.2) is 31.6 Å². The molecule has 1 fully saturated rings. The van der Waals surface area contributed by atoms with Gasteiger partial charge in [-0.3, -0.25) is 14.5 Å². The number of carbonyl (C=O) groups is 1. The van der Waals surface area contributed by atoms with E-state index in [4.69, 9.17) is 11.6 Å². The maximum atomic E-state index is 13.0. The molecule has 2 heterocycles. The quantitative estimate of drug-likeness (QED) is 0.650. The molecule has 0 radical (unpaired) electrons. The highest BCUT2D eigenvalue weighted by Crippen LogP contribution is 2.34. The Kier molecular flexibility index (Phi) is 6.00. The lowest BCUT2D eigenvalue weighted by atomic mass is 10.1. The van der Waals surface area contributed by atoms with E-state index in [-0.39, 0.29) is 11.9 Å². The zero-order valence-corrected chi connectivity index (χ0v) is 17.1. The average molecular weight is 387 g/mol. The summed E-state index contributed by atoms with van der Waals surface area (Å²) in [7, 11) is 0. The molecule has 0 bridgehead atoms. The number of amides is 1. The van der Waals surface area contributed by atoms with Gasteiger partial charge in [-0.1, -0.05) is 31.5 Å². The van der Waals surface area contributed by atoms with Crippen LogP contribution in [0.15, 0.2) is 30.5 Å². The monoisotopic (exact) mass is 386 g/mol. The van der Waals surface area contributed by atoms with Gasteiger partial charge in [-0.15, -0.1) is 0 Å². The van der Waals surface area contributed by atoms with E-state index in [1.54, 1.807) is 23.0 Å². The Balaban J connectivity index is 1.80. The Morgan fingerprint density at radius 3 is 2.70 bits per heavy atom. The fourth-order valence-electron chi connectivity index (χ4n) is 3.27. The van der Waals surface area contributed by atoms with E-state index in [9.17, 15) is 4.79 Å². The molecule has 6 heteroatoms. The first-order chi connectivity index (χ1) is 12.9. The van der Waals surface area contributed by atoms with E-state index < -0.39 is 0 Å². The van der Waals surface area contributed by atoms with Crippen molar-refractivity contribution in [2.75, 3.05) is 0 Å². The molecular formula is C21H27ClN4O. The molecule has 0 aliphatic heterocycles.